The number of nitrogens with one attached hydrogen (secondary N) is 1. The molecule has 1 fully saturated rings. The third-order valence-corrected chi connectivity index (χ3v) is 8.51. The van der Waals surface area contributed by atoms with E-state index in [4.69, 9.17) is 0 Å². The van der Waals surface area contributed by atoms with E-state index >= 15 is 0 Å². The quantitative estimate of drug-likeness (QED) is 0.454. The van der Waals surface area contributed by atoms with E-state index in [1.807, 2.05) is 6.92 Å². The fourth-order valence-electron chi connectivity index (χ4n) is 3.55. The molecular formula is C24H29NS2. The summed E-state index contributed by atoms with van der Waals surface area (Å²) in [6.45, 7) is 2.98. The van der Waals surface area contributed by atoms with Crippen LogP contribution in [-0.4, -0.2) is 24.1 Å². The number of hydrogen-bond donors (Lipinski definition) is 1. The van der Waals surface area contributed by atoms with Gasteiger partial charge in [-0.05, 0) is 55.4 Å². The lowest BCUT2D eigenvalue weighted by molar-refractivity contribution is 0.480. The largest absolute Gasteiger partial charge is 0.311 e. The molecule has 1 unspecified atom stereocenters. The van der Waals surface area contributed by atoms with Crippen molar-refractivity contribution in [1.29, 1.82) is 0 Å². The lowest BCUT2D eigenvalue weighted by Crippen LogP contribution is -2.46. The summed E-state index contributed by atoms with van der Waals surface area (Å²) in [6, 6.07) is 22.2. The SMILES string of the molecule is CC#CCC(NCCCc1ccccc1)C1(c2ccccc2)SCCCS1. The smallest absolute Gasteiger partial charge is 0.102 e. The van der Waals surface area contributed by atoms with Crippen molar-refractivity contribution in [1.82, 2.24) is 5.32 Å². The maximum Gasteiger partial charge on any atom is 0.102 e. The van der Waals surface area contributed by atoms with Gasteiger partial charge in [0.2, 0.25) is 0 Å². The van der Waals surface area contributed by atoms with Gasteiger partial charge in [0, 0.05) is 12.5 Å². The van der Waals surface area contributed by atoms with Crippen LogP contribution in [-0.2, 0) is 10.5 Å². The molecule has 142 valence electrons. The normalized spacial score (nSPS) is 16.9. The van der Waals surface area contributed by atoms with Crippen molar-refractivity contribution in [2.45, 2.75) is 42.7 Å². The minimum atomic E-state index is 0.0656. The van der Waals surface area contributed by atoms with Gasteiger partial charge >= 0.3 is 0 Å². The summed E-state index contributed by atoms with van der Waals surface area (Å²) in [7, 11) is 0. The van der Waals surface area contributed by atoms with Gasteiger partial charge in [0.25, 0.3) is 0 Å². The van der Waals surface area contributed by atoms with Crippen LogP contribution >= 0.6 is 23.5 Å². The van der Waals surface area contributed by atoms with E-state index in [2.05, 4.69) is 101 Å². The van der Waals surface area contributed by atoms with E-state index in [0.717, 1.165) is 25.8 Å². The second-order valence-electron chi connectivity index (χ2n) is 6.81. The Labute approximate surface area is 173 Å². The van der Waals surface area contributed by atoms with E-state index in [1.165, 1.54) is 29.1 Å². The Morgan fingerprint density at radius 3 is 2.33 bits per heavy atom. The zero-order valence-corrected chi connectivity index (χ0v) is 17.8. The minimum Gasteiger partial charge on any atom is -0.311 e. The first kappa shape index (κ1) is 20.4. The predicted octanol–water partition coefficient (Wildman–Crippen LogP) is 5.71. The molecular weight excluding hydrogens is 366 g/mol. The Kier molecular flexibility index (Phi) is 8.20. The van der Waals surface area contributed by atoms with Gasteiger partial charge in [-0.1, -0.05) is 60.7 Å². The summed E-state index contributed by atoms with van der Waals surface area (Å²) in [5, 5.41) is 3.89. The molecule has 1 atom stereocenters. The van der Waals surface area contributed by atoms with E-state index < -0.39 is 0 Å². The molecule has 1 nitrogen and oxygen atoms in total. The van der Waals surface area contributed by atoms with Crippen LogP contribution in [0.2, 0.25) is 0 Å². The highest BCUT2D eigenvalue weighted by atomic mass is 32.2. The molecule has 0 aromatic heterocycles. The molecule has 2 aromatic carbocycles. The molecule has 1 aliphatic heterocycles. The molecule has 0 bridgehead atoms. The maximum atomic E-state index is 3.89. The summed E-state index contributed by atoms with van der Waals surface area (Å²) >= 11 is 4.22. The van der Waals surface area contributed by atoms with Crippen molar-refractivity contribution in [2.75, 3.05) is 18.1 Å². The van der Waals surface area contributed by atoms with E-state index in [9.17, 15) is 0 Å². The highest BCUT2D eigenvalue weighted by Crippen LogP contribution is 2.53. The maximum absolute atomic E-state index is 3.89. The van der Waals surface area contributed by atoms with Crippen molar-refractivity contribution in [2.24, 2.45) is 0 Å². The molecule has 3 rings (SSSR count). The third-order valence-electron chi connectivity index (χ3n) is 4.92. The first-order valence-corrected chi connectivity index (χ1v) is 11.8. The van der Waals surface area contributed by atoms with Crippen LogP contribution in [0.25, 0.3) is 0 Å². The molecule has 27 heavy (non-hydrogen) atoms. The summed E-state index contributed by atoms with van der Waals surface area (Å²) < 4.78 is 0.0656. The van der Waals surface area contributed by atoms with Crippen LogP contribution in [0.3, 0.4) is 0 Å². The fourth-order valence-corrected chi connectivity index (χ4v) is 7.09. The monoisotopic (exact) mass is 395 g/mol. The molecule has 2 aromatic rings. The number of thioether (sulfide) groups is 2. The van der Waals surface area contributed by atoms with Crippen LogP contribution in [0.1, 0.15) is 37.3 Å². The van der Waals surface area contributed by atoms with Crippen molar-refractivity contribution in [3.05, 3.63) is 71.8 Å². The Bertz CT molecular complexity index is 727. The standard InChI is InChI=1S/C24H29NS2/c1-2-3-17-23(25-18-10-14-21-12-6-4-7-13-21)24(26-19-11-20-27-24)22-15-8-5-9-16-22/h4-9,12-13,15-16,23,25H,10-11,14,17-20H2,1H3. The predicted molar refractivity (Wildman–Crippen MR) is 122 cm³/mol. The molecule has 0 amide bonds. The van der Waals surface area contributed by atoms with E-state index in [0.29, 0.717) is 6.04 Å². The van der Waals surface area contributed by atoms with Gasteiger partial charge in [-0.2, -0.15) is 0 Å². The Morgan fingerprint density at radius 1 is 1.00 bits per heavy atom. The molecule has 1 N–H and O–H groups in total. The molecule has 1 aliphatic rings. The van der Waals surface area contributed by atoms with Crippen LogP contribution in [0.4, 0.5) is 0 Å². The Balaban J connectivity index is 1.71. The highest BCUT2D eigenvalue weighted by molar-refractivity contribution is 8.18. The Hall–Kier alpha value is -1.34. The van der Waals surface area contributed by atoms with Crippen LogP contribution in [0, 0.1) is 11.8 Å². The minimum absolute atomic E-state index is 0.0656. The molecule has 0 spiro atoms. The first-order chi connectivity index (χ1) is 13.3. The van der Waals surface area contributed by atoms with Gasteiger partial charge in [-0.25, -0.2) is 0 Å². The summed E-state index contributed by atoms with van der Waals surface area (Å²) in [4.78, 5) is 0. The van der Waals surface area contributed by atoms with Crippen LogP contribution < -0.4 is 5.32 Å². The van der Waals surface area contributed by atoms with E-state index in [-0.39, 0.29) is 4.08 Å². The lowest BCUT2D eigenvalue weighted by Gasteiger charge is -2.42. The zero-order valence-electron chi connectivity index (χ0n) is 16.1. The van der Waals surface area contributed by atoms with Crippen LogP contribution in [0.15, 0.2) is 60.7 Å². The molecule has 1 saturated heterocycles. The number of aryl methyl sites for hydroxylation is 1. The molecule has 0 aliphatic carbocycles. The van der Waals surface area contributed by atoms with Gasteiger partial charge in [0.05, 0.1) is 0 Å². The molecule has 0 radical (unpaired) electrons. The van der Waals surface area contributed by atoms with Gasteiger partial charge < -0.3 is 5.32 Å². The van der Waals surface area contributed by atoms with Gasteiger partial charge in [-0.15, -0.1) is 35.4 Å². The van der Waals surface area contributed by atoms with Crippen LogP contribution in [0.5, 0.6) is 0 Å². The fraction of sp³-hybridized carbons (Fsp3) is 0.417. The average Bonchev–Trinajstić information content (AvgIpc) is 2.75. The van der Waals surface area contributed by atoms with Gasteiger partial charge in [0.15, 0.2) is 0 Å². The summed E-state index contributed by atoms with van der Waals surface area (Å²) in [5.41, 5.74) is 2.85. The second-order valence-corrected chi connectivity index (χ2v) is 9.75. The highest BCUT2D eigenvalue weighted by Gasteiger charge is 2.42. The first-order valence-electron chi connectivity index (χ1n) is 9.85. The number of benzene rings is 2. The lowest BCUT2D eigenvalue weighted by atomic mass is 10.0. The summed E-state index contributed by atoms with van der Waals surface area (Å²) in [5.74, 6) is 8.92. The molecule has 0 saturated carbocycles. The van der Waals surface area contributed by atoms with Crippen molar-refractivity contribution < 1.29 is 0 Å². The van der Waals surface area contributed by atoms with Crippen molar-refractivity contribution in [3.8, 4) is 11.8 Å². The zero-order chi connectivity index (χ0) is 18.8. The van der Waals surface area contributed by atoms with Crippen molar-refractivity contribution in [3.63, 3.8) is 0 Å². The third kappa shape index (κ3) is 5.57. The van der Waals surface area contributed by atoms with E-state index in [1.54, 1.807) is 0 Å². The van der Waals surface area contributed by atoms with Crippen molar-refractivity contribution >= 4 is 23.5 Å². The Morgan fingerprint density at radius 2 is 1.67 bits per heavy atom. The molecule has 1 heterocycles. The summed E-state index contributed by atoms with van der Waals surface area (Å²) in [6.07, 6.45) is 4.47. The number of hydrogen-bond acceptors (Lipinski definition) is 3. The average molecular weight is 396 g/mol. The second kappa shape index (κ2) is 10.9. The molecule has 3 heteroatoms. The van der Waals surface area contributed by atoms with Gasteiger partial charge in [0.1, 0.15) is 4.08 Å². The number of rotatable bonds is 8. The topological polar surface area (TPSA) is 12.0 Å². The van der Waals surface area contributed by atoms with Gasteiger partial charge in [-0.3, -0.25) is 0 Å².